The van der Waals surface area contributed by atoms with Crippen molar-refractivity contribution >= 4 is 0 Å². The van der Waals surface area contributed by atoms with Crippen molar-refractivity contribution in [3.8, 4) is 0 Å². The van der Waals surface area contributed by atoms with Gasteiger partial charge in [0, 0.05) is 13.2 Å². The van der Waals surface area contributed by atoms with E-state index in [9.17, 15) is 0 Å². The molecule has 0 heterocycles. The summed E-state index contributed by atoms with van der Waals surface area (Å²) >= 11 is 0. The molecule has 2 atom stereocenters. The van der Waals surface area contributed by atoms with Gasteiger partial charge in [0.25, 0.3) is 0 Å². The van der Waals surface area contributed by atoms with Crippen molar-refractivity contribution in [1.29, 1.82) is 0 Å². The van der Waals surface area contributed by atoms with Gasteiger partial charge in [-0.3, -0.25) is 0 Å². The molecule has 1 N–H and O–H groups in total. The molecule has 3 heteroatoms. The second kappa shape index (κ2) is 8.21. The van der Waals surface area contributed by atoms with Gasteiger partial charge in [0.1, 0.15) is 0 Å². The van der Waals surface area contributed by atoms with Crippen LogP contribution in [0.2, 0.25) is 0 Å². The molecule has 2 unspecified atom stereocenters. The van der Waals surface area contributed by atoms with Crippen LogP contribution in [-0.2, 0) is 9.47 Å². The summed E-state index contributed by atoms with van der Waals surface area (Å²) in [5, 5.41) is 3.27. The van der Waals surface area contributed by atoms with Crippen LogP contribution in [0, 0.1) is 5.92 Å². The van der Waals surface area contributed by atoms with Crippen molar-refractivity contribution in [3.05, 3.63) is 0 Å². The Balaban J connectivity index is 4.24. The van der Waals surface area contributed by atoms with E-state index < -0.39 is 0 Å². The van der Waals surface area contributed by atoms with Crippen LogP contribution in [0.3, 0.4) is 0 Å². The molecule has 0 radical (unpaired) electrons. The third kappa shape index (κ3) is 4.40. The first kappa shape index (κ1) is 13.9. The highest BCUT2D eigenvalue weighted by molar-refractivity contribution is 4.74. The van der Waals surface area contributed by atoms with Gasteiger partial charge < -0.3 is 14.8 Å². The molecule has 0 aromatic heterocycles. The van der Waals surface area contributed by atoms with Crippen LogP contribution in [-0.4, -0.2) is 32.6 Å². The Hall–Kier alpha value is -0.120. The average molecular weight is 203 g/mol. The lowest BCUT2D eigenvalue weighted by molar-refractivity contribution is -0.160. The summed E-state index contributed by atoms with van der Waals surface area (Å²) in [6, 6.07) is 0.278. The lowest BCUT2D eigenvalue weighted by atomic mass is 9.99. The molecular formula is C11H25NO2. The van der Waals surface area contributed by atoms with Gasteiger partial charge in [0.2, 0.25) is 0 Å². The van der Waals surface area contributed by atoms with Gasteiger partial charge in [-0.2, -0.15) is 0 Å². The zero-order valence-electron chi connectivity index (χ0n) is 10.2. The van der Waals surface area contributed by atoms with Crippen LogP contribution >= 0.6 is 0 Å². The maximum atomic E-state index is 5.57. The fourth-order valence-electron chi connectivity index (χ4n) is 1.53. The minimum atomic E-state index is -0.120. The zero-order chi connectivity index (χ0) is 11.0. The predicted molar refractivity (Wildman–Crippen MR) is 59.3 cm³/mol. The number of rotatable bonds is 8. The quantitative estimate of drug-likeness (QED) is 0.612. The molecular weight excluding hydrogens is 178 g/mol. The topological polar surface area (TPSA) is 30.5 Å². The molecule has 0 aromatic rings. The van der Waals surface area contributed by atoms with Crippen molar-refractivity contribution in [2.24, 2.45) is 5.92 Å². The van der Waals surface area contributed by atoms with E-state index >= 15 is 0 Å². The van der Waals surface area contributed by atoms with E-state index in [1.807, 2.05) is 20.9 Å². The first-order valence-electron chi connectivity index (χ1n) is 5.61. The van der Waals surface area contributed by atoms with Gasteiger partial charge in [0.15, 0.2) is 6.29 Å². The molecule has 0 saturated heterocycles. The van der Waals surface area contributed by atoms with Crippen LogP contribution in [0.25, 0.3) is 0 Å². The Morgan fingerprint density at radius 2 is 1.57 bits per heavy atom. The summed E-state index contributed by atoms with van der Waals surface area (Å²) < 4.78 is 11.1. The fraction of sp³-hybridized carbons (Fsp3) is 1.00. The van der Waals surface area contributed by atoms with Crippen LogP contribution in [0.1, 0.15) is 34.1 Å². The first-order valence-corrected chi connectivity index (χ1v) is 5.61. The Morgan fingerprint density at radius 3 is 1.86 bits per heavy atom. The first-order chi connectivity index (χ1) is 6.71. The van der Waals surface area contributed by atoms with Crippen LogP contribution in [0.5, 0.6) is 0 Å². The van der Waals surface area contributed by atoms with Crippen LogP contribution in [0.15, 0.2) is 0 Å². The van der Waals surface area contributed by atoms with E-state index in [1.54, 1.807) is 0 Å². The van der Waals surface area contributed by atoms with E-state index in [0.717, 1.165) is 6.42 Å². The maximum absolute atomic E-state index is 5.57. The highest BCUT2D eigenvalue weighted by Gasteiger charge is 2.25. The molecule has 0 aliphatic heterocycles. The Bertz CT molecular complexity index is 124. The molecule has 3 nitrogen and oxygen atoms in total. The standard InChI is InChI=1S/C11H25NO2/c1-6-9(4)10(12-5)11(13-7-2)14-8-3/h9-12H,6-8H2,1-5H3. The fourth-order valence-corrected chi connectivity index (χ4v) is 1.53. The summed E-state index contributed by atoms with van der Waals surface area (Å²) in [5.74, 6) is 0.558. The molecule has 86 valence electrons. The highest BCUT2D eigenvalue weighted by atomic mass is 16.7. The van der Waals surface area contributed by atoms with E-state index in [0.29, 0.717) is 19.1 Å². The molecule has 0 spiro atoms. The van der Waals surface area contributed by atoms with Crippen molar-refractivity contribution in [1.82, 2.24) is 5.32 Å². The van der Waals surface area contributed by atoms with Crippen molar-refractivity contribution in [3.63, 3.8) is 0 Å². The largest absolute Gasteiger partial charge is 0.351 e. The summed E-state index contributed by atoms with van der Waals surface area (Å²) in [7, 11) is 1.96. The molecule has 0 amide bonds. The summed E-state index contributed by atoms with van der Waals surface area (Å²) in [5.41, 5.74) is 0. The second-order valence-corrected chi connectivity index (χ2v) is 3.48. The predicted octanol–water partition coefficient (Wildman–Crippen LogP) is 2.02. The number of hydrogen-bond acceptors (Lipinski definition) is 3. The lowest BCUT2D eigenvalue weighted by Gasteiger charge is -2.30. The van der Waals surface area contributed by atoms with E-state index in [-0.39, 0.29) is 12.3 Å². The van der Waals surface area contributed by atoms with Crippen LogP contribution < -0.4 is 5.32 Å². The molecule has 0 aromatic carbocycles. The Kier molecular flexibility index (Phi) is 8.14. The number of nitrogens with one attached hydrogen (secondary N) is 1. The monoisotopic (exact) mass is 203 g/mol. The molecule has 14 heavy (non-hydrogen) atoms. The minimum Gasteiger partial charge on any atom is -0.351 e. The lowest BCUT2D eigenvalue weighted by Crippen LogP contribution is -2.45. The molecule has 0 rings (SSSR count). The average Bonchev–Trinajstić information content (AvgIpc) is 2.19. The Labute approximate surface area is 88.2 Å². The van der Waals surface area contributed by atoms with E-state index in [1.165, 1.54) is 0 Å². The third-order valence-electron chi connectivity index (χ3n) is 2.55. The third-order valence-corrected chi connectivity index (χ3v) is 2.55. The van der Waals surface area contributed by atoms with Gasteiger partial charge in [-0.05, 0) is 26.8 Å². The number of hydrogen-bond donors (Lipinski definition) is 1. The van der Waals surface area contributed by atoms with Crippen molar-refractivity contribution in [2.75, 3.05) is 20.3 Å². The number of ether oxygens (including phenoxy) is 2. The van der Waals surface area contributed by atoms with Gasteiger partial charge in [-0.1, -0.05) is 20.3 Å². The SMILES string of the molecule is CCOC(OCC)C(NC)C(C)CC. The number of likely N-dealkylation sites (N-methyl/N-ethyl adjacent to an activating group) is 1. The maximum Gasteiger partial charge on any atom is 0.172 e. The molecule has 0 saturated carbocycles. The smallest absolute Gasteiger partial charge is 0.172 e. The second-order valence-electron chi connectivity index (χ2n) is 3.48. The van der Waals surface area contributed by atoms with E-state index in [2.05, 4.69) is 19.2 Å². The zero-order valence-corrected chi connectivity index (χ0v) is 10.2. The van der Waals surface area contributed by atoms with Crippen LogP contribution in [0.4, 0.5) is 0 Å². The van der Waals surface area contributed by atoms with Gasteiger partial charge in [-0.25, -0.2) is 0 Å². The molecule has 0 aliphatic rings. The Morgan fingerprint density at radius 1 is 1.07 bits per heavy atom. The molecule has 0 aliphatic carbocycles. The highest BCUT2D eigenvalue weighted by Crippen LogP contribution is 2.14. The molecule has 0 fully saturated rings. The summed E-state index contributed by atoms with van der Waals surface area (Å²) in [6.07, 6.45) is 1.01. The van der Waals surface area contributed by atoms with Gasteiger partial charge >= 0.3 is 0 Å². The summed E-state index contributed by atoms with van der Waals surface area (Å²) in [4.78, 5) is 0. The normalized spacial score (nSPS) is 15.9. The van der Waals surface area contributed by atoms with Crippen molar-refractivity contribution in [2.45, 2.75) is 46.4 Å². The summed E-state index contributed by atoms with van der Waals surface area (Å²) in [6.45, 7) is 9.78. The van der Waals surface area contributed by atoms with Gasteiger partial charge in [0.05, 0.1) is 6.04 Å². The molecule has 0 bridgehead atoms. The van der Waals surface area contributed by atoms with Gasteiger partial charge in [-0.15, -0.1) is 0 Å². The van der Waals surface area contributed by atoms with E-state index in [4.69, 9.17) is 9.47 Å². The van der Waals surface area contributed by atoms with Crippen molar-refractivity contribution < 1.29 is 9.47 Å². The minimum absolute atomic E-state index is 0.120.